The van der Waals surface area contributed by atoms with Crippen LogP contribution in [0.15, 0.2) is 45.3 Å². The predicted molar refractivity (Wildman–Crippen MR) is 100 cm³/mol. The third-order valence-corrected chi connectivity index (χ3v) is 4.41. The molecule has 0 bridgehead atoms. The minimum atomic E-state index is -0.382. The first-order valence-electron chi connectivity index (χ1n) is 7.63. The van der Waals surface area contributed by atoms with Gasteiger partial charge in [0.15, 0.2) is 0 Å². The molecule has 0 atom stereocenters. The number of carbonyl (C=O) groups excluding carboxylic acids is 1. The summed E-state index contributed by atoms with van der Waals surface area (Å²) >= 11 is 3.44. The van der Waals surface area contributed by atoms with Crippen LogP contribution in [0.2, 0.25) is 0 Å². The average Bonchev–Trinajstić information content (AvgIpc) is 2.56. The van der Waals surface area contributed by atoms with Gasteiger partial charge in [0.1, 0.15) is 16.9 Å². The Labute approximate surface area is 153 Å². The van der Waals surface area contributed by atoms with Gasteiger partial charge in [-0.1, -0.05) is 15.9 Å². The Morgan fingerprint density at radius 3 is 2.48 bits per heavy atom. The molecule has 25 heavy (non-hydrogen) atoms. The number of amides is 1. The highest BCUT2D eigenvalue weighted by Crippen LogP contribution is 2.26. The third-order valence-electron chi connectivity index (χ3n) is 3.95. The Balaban J connectivity index is 2.02. The maximum Gasteiger partial charge on any atom is 0.261 e. The zero-order valence-corrected chi connectivity index (χ0v) is 15.7. The molecule has 3 aromatic rings. The van der Waals surface area contributed by atoms with Crippen LogP contribution in [0.3, 0.4) is 0 Å². The summed E-state index contributed by atoms with van der Waals surface area (Å²) in [4.78, 5) is 12.7. The number of hydrogen-bond donors (Lipinski definition) is 2. The van der Waals surface area contributed by atoms with Gasteiger partial charge < -0.3 is 14.5 Å². The van der Waals surface area contributed by atoms with E-state index in [2.05, 4.69) is 21.2 Å². The predicted octanol–water partition coefficient (Wildman–Crippen LogP) is 4.55. The third kappa shape index (κ3) is 3.44. The van der Waals surface area contributed by atoms with E-state index in [4.69, 9.17) is 14.6 Å². The van der Waals surface area contributed by atoms with Gasteiger partial charge in [-0.3, -0.25) is 10.2 Å². The molecule has 0 spiro atoms. The van der Waals surface area contributed by atoms with Gasteiger partial charge >= 0.3 is 0 Å². The van der Waals surface area contributed by atoms with Crippen LogP contribution < -0.4 is 15.6 Å². The normalized spacial score (nSPS) is 10.7. The summed E-state index contributed by atoms with van der Waals surface area (Å²) < 4.78 is 11.6. The number of aryl methyl sites for hydroxylation is 2. The van der Waals surface area contributed by atoms with Crippen LogP contribution in [0.5, 0.6) is 5.75 Å². The first-order chi connectivity index (χ1) is 11.9. The maximum absolute atomic E-state index is 12.7. The fourth-order valence-corrected chi connectivity index (χ4v) is 3.39. The molecule has 0 aliphatic carbocycles. The molecule has 1 aromatic heterocycles. The Morgan fingerprint density at radius 2 is 1.84 bits per heavy atom. The van der Waals surface area contributed by atoms with Crippen molar-refractivity contribution in [2.45, 2.75) is 13.8 Å². The molecule has 2 N–H and O–H groups in total. The van der Waals surface area contributed by atoms with Crippen molar-refractivity contribution < 1.29 is 13.9 Å². The van der Waals surface area contributed by atoms with E-state index in [1.165, 1.54) is 0 Å². The molecule has 1 heterocycles. The lowest BCUT2D eigenvalue weighted by Gasteiger charge is -2.12. The number of benzene rings is 2. The number of ether oxygens (including phenoxy) is 1. The van der Waals surface area contributed by atoms with Gasteiger partial charge in [-0.2, -0.15) is 0 Å². The lowest BCUT2D eigenvalue weighted by atomic mass is 10.1. The molecule has 1 amide bonds. The highest BCUT2D eigenvalue weighted by molar-refractivity contribution is 9.10. The van der Waals surface area contributed by atoms with Crippen LogP contribution >= 0.6 is 15.9 Å². The van der Waals surface area contributed by atoms with Gasteiger partial charge in [0.25, 0.3) is 5.91 Å². The van der Waals surface area contributed by atoms with Gasteiger partial charge in [0, 0.05) is 15.5 Å². The molecule has 0 radical (unpaired) electrons. The summed E-state index contributed by atoms with van der Waals surface area (Å²) in [6.45, 7) is 3.84. The van der Waals surface area contributed by atoms with Crippen molar-refractivity contribution in [1.82, 2.24) is 0 Å². The molecule has 0 unspecified atom stereocenters. The molecular formula is C19H17BrN2O3. The highest BCUT2D eigenvalue weighted by Gasteiger charge is 2.15. The number of halogens is 1. The van der Waals surface area contributed by atoms with Crippen LogP contribution in [0.4, 0.5) is 5.69 Å². The van der Waals surface area contributed by atoms with E-state index in [1.807, 2.05) is 26.0 Å². The van der Waals surface area contributed by atoms with E-state index in [-0.39, 0.29) is 17.0 Å². The summed E-state index contributed by atoms with van der Waals surface area (Å²) in [5.41, 5.74) is 3.12. The Kier molecular flexibility index (Phi) is 4.63. The first-order valence-corrected chi connectivity index (χ1v) is 8.43. The monoisotopic (exact) mass is 400 g/mol. The molecule has 0 saturated carbocycles. The molecule has 3 rings (SSSR count). The van der Waals surface area contributed by atoms with Crippen molar-refractivity contribution in [3.05, 3.63) is 63.1 Å². The van der Waals surface area contributed by atoms with E-state index in [0.29, 0.717) is 16.7 Å². The largest absolute Gasteiger partial charge is 0.497 e. The second kappa shape index (κ2) is 6.72. The highest BCUT2D eigenvalue weighted by atomic mass is 79.9. The van der Waals surface area contributed by atoms with E-state index in [9.17, 15) is 4.79 Å². The number of nitrogens with one attached hydrogen (secondary N) is 2. The van der Waals surface area contributed by atoms with Crippen LogP contribution in [0, 0.1) is 19.3 Å². The van der Waals surface area contributed by atoms with Crippen molar-refractivity contribution in [3.63, 3.8) is 0 Å². The fourth-order valence-electron chi connectivity index (χ4n) is 2.70. The van der Waals surface area contributed by atoms with E-state index >= 15 is 0 Å². The molecule has 6 heteroatoms. The molecule has 0 aliphatic rings. The zero-order chi connectivity index (χ0) is 18.1. The Bertz CT molecular complexity index is 1020. The number of rotatable bonds is 3. The molecule has 5 nitrogen and oxygen atoms in total. The van der Waals surface area contributed by atoms with Gasteiger partial charge in [-0.15, -0.1) is 0 Å². The van der Waals surface area contributed by atoms with Crippen LogP contribution in [0.1, 0.15) is 21.5 Å². The minimum absolute atomic E-state index is 0.169. The van der Waals surface area contributed by atoms with Crippen molar-refractivity contribution in [2.75, 3.05) is 12.4 Å². The van der Waals surface area contributed by atoms with Crippen LogP contribution in [-0.2, 0) is 0 Å². The fraction of sp³-hybridized carbons (Fsp3) is 0.158. The summed E-state index contributed by atoms with van der Waals surface area (Å²) in [5.74, 6) is 0.276. The van der Waals surface area contributed by atoms with Crippen LogP contribution in [0.25, 0.3) is 11.0 Å². The molecule has 0 fully saturated rings. The van der Waals surface area contributed by atoms with Crippen molar-refractivity contribution in [2.24, 2.45) is 0 Å². The lowest BCUT2D eigenvalue weighted by molar-refractivity contribution is 0.102. The maximum atomic E-state index is 12.7. The number of hydrogen-bond acceptors (Lipinski definition) is 4. The summed E-state index contributed by atoms with van der Waals surface area (Å²) in [5, 5.41) is 11.6. The zero-order valence-electron chi connectivity index (χ0n) is 14.1. The van der Waals surface area contributed by atoms with Crippen molar-refractivity contribution in [1.29, 1.82) is 5.41 Å². The topological polar surface area (TPSA) is 75.3 Å². The van der Waals surface area contributed by atoms with Gasteiger partial charge in [0.2, 0.25) is 5.55 Å². The van der Waals surface area contributed by atoms with Crippen LogP contribution in [-0.4, -0.2) is 13.0 Å². The van der Waals surface area contributed by atoms with Gasteiger partial charge in [-0.05, 0) is 61.4 Å². The lowest BCUT2D eigenvalue weighted by Crippen LogP contribution is -2.21. The van der Waals surface area contributed by atoms with E-state index in [1.54, 1.807) is 31.4 Å². The summed E-state index contributed by atoms with van der Waals surface area (Å²) in [7, 11) is 1.57. The Morgan fingerprint density at radius 1 is 1.16 bits per heavy atom. The number of methoxy groups -OCH3 is 1. The molecule has 0 saturated heterocycles. The molecule has 128 valence electrons. The average molecular weight is 401 g/mol. The smallest absolute Gasteiger partial charge is 0.261 e. The van der Waals surface area contributed by atoms with Gasteiger partial charge in [-0.25, -0.2) is 0 Å². The van der Waals surface area contributed by atoms with Crippen molar-refractivity contribution >= 4 is 38.5 Å². The summed E-state index contributed by atoms with van der Waals surface area (Å²) in [6, 6.07) is 10.7. The first kappa shape index (κ1) is 17.2. The number of fused-ring (bicyclic) bond motifs is 1. The van der Waals surface area contributed by atoms with E-state index < -0.39 is 0 Å². The second-order valence-corrected chi connectivity index (χ2v) is 6.68. The van der Waals surface area contributed by atoms with Gasteiger partial charge in [0.05, 0.1) is 7.11 Å². The second-order valence-electron chi connectivity index (χ2n) is 5.76. The van der Waals surface area contributed by atoms with Crippen molar-refractivity contribution in [3.8, 4) is 5.75 Å². The number of anilines is 1. The SMILES string of the molecule is COc1ccc2oc(=N)c(C(=O)Nc3c(C)cc(Br)cc3C)cc2c1. The minimum Gasteiger partial charge on any atom is -0.497 e. The van der Waals surface area contributed by atoms with E-state index in [0.717, 1.165) is 21.3 Å². The number of carbonyl (C=O) groups is 1. The molecule has 0 aliphatic heterocycles. The molecule has 2 aromatic carbocycles. The quantitative estimate of drug-likeness (QED) is 0.676. The standard InChI is InChI=1S/C19H17BrN2O3/c1-10-6-13(20)7-11(2)17(10)22-19(23)15-9-12-8-14(24-3)4-5-16(12)25-18(15)21/h4-9,21H,1-3H3,(H,22,23). The molecular weight excluding hydrogens is 384 g/mol. The summed E-state index contributed by atoms with van der Waals surface area (Å²) in [6.07, 6.45) is 0. The Hall–Kier alpha value is -2.60.